The highest BCUT2D eigenvalue weighted by atomic mass is 32.2. The first-order valence-electron chi connectivity index (χ1n) is 10.9. The second-order valence-corrected chi connectivity index (χ2v) is 11.5. The van der Waals surface area contributed by atoms with Crippen LogP contribution >= 0.6 is 0 Å². The molecule has 0 aliphatic heterocycles. The number of allylic oxidation sites excluding steroid dienone is 3. The van der Waals surface area contributed by atoms with E-state index in [4.69, 9.17) is 4.74 Å². The Morgan fingerprint density at radius 1 is 1.06 bits per heavy atom. The molecule has 2 fully saturated rings. The average molecular weight is 463 g/mol. The minimum absolute atomic E-state index is 0.0252. The van der Waals surface area contributed by atoms with Crippen molar-refractivity contribution in [1.82, 2.24) is 0 Å². The molecule has 6 atom stereocenters. The number of hydrogen-bond donors (Lipinski definition) is 0. The van der Waals surface area contributed by atoms with Crippen molar-refractivity contribution in [2.24, 2.45) is 28.6 Å². The number of alkyl halides is 3. The summed E-state index contributed by atoms with van der Waals surface area (Å²) in [5.41, 5.74) is -4.86. The fourth-order valence-electron chi connectivity index (χ4n) is 6.79. The van der Waals surface area contributed by atoms with Gasteiger partial charge in [-0.25, -0.2) is 0 Å². The van der Waals surface area contributed by atoms with Gasteiger partial charge in [-0.1, -0.05) is 25.5 Å². The monoisotopic (exact) mass is 462 g/mol. The summed E-state index contributed by atoms with van der Waals surface area (Å²) in [5.74, 6) is 0.353. The van der Waals surface area contributed by atoms with Crippen molar-refractivity contribution in [2.45, 2.75) is 77.3 Å². The number of carbonyl (C=O) groups excluding carboxylic acids is 1. The van der Waals surface area contributed by atoms with Gasteiger partial charge in [-0.05, 0) is 67.8 Å². The lowest BCUT2D eigenvalue weighted by Gasteiger charge is -2.57. The van der Waals surface area contributed by atoms with Gasteiger partial charge in [-0.2, -0.15) is 21.6 Å². The predicted octanol–water partition coefficient (Wildman–Crippen LogP) is 5.24. The van der Waals surface area contributed by atoms with Gasteiger partial charge in [-0.3, -0.25) is 4.79 Å². The number of hydrogen-bond acceptors (Lipinski definition) is 5. The lowest BCUT2D eigenvalue weighted by molar-refractivity contribution is -0.148. The Bertz CT molecular complexity index is 937. The van der Waals surface area contributed by atoms with E-state index >= 15 is 0 Å². The van der Waals surface area contributed by atoms with E-state index in [1.165, 1.54) is 12.5 Å². The molecule has 0 aromatic rings. The molecule has 0 bridgehead atoms. The van der Waals surface area contributed by atoms with Crippen molar-refractivity contribution in [3.8, 4) is 0 Å². The topological polar surface area (TPSA) is 69.7 Å². The molecule has 4 rings (SSSR count). The van der Waals surface area contributed by atoms with Crippen LogP contribution in [0.15, 0.2) is 23.5 Å². The van der Waals surface area contributed by atoms with Gasteiger partial charge in [0, 0.05) is 18.8 Å². The molecule has 4 aliphatic carbocycles. The van der Waals surface area contributed by atoms with Crippen molar-refractivity contribution in [3.63, 3.8) is 0 Å². The Morgan fingerprint density at radius 2 is 1.74 bits per heavy atom. The first-order valence-corrected chi connectivity index (χ1v) is 12.3. The summed E-state index contributed by atoms with van der Waals surface area (Å²) in [6.45, 7) is 5.53. The smallest absolute Gasteiger partial charge is 0.462 e. The van der Waals surface area contributed by atoms with Gasteiger partial charge in [0.1, 0.15) is 11.9 Å². The van der Waals surface area contributed by atoms with Crippen LogP contribution in [0.4, 0.5) is 13.2 Å². The van der Waals surface area contributed by atoms with E-state index in [1.807, 2.05) is 6.92 Å². The lowest BCUT2D eigenvalue weighted by atomic mass is 9.48. The largest absolute Gasteiger partial charge is 0.534 e. The van der Waals surface area contributed by atoms with Crippen LogP contribution in [0, 0.1) is 28.6 Å². The van der Waals surface area contributed by atoms with Crippen molar-refractivity contribution >= 4 is 16.1 Å². The van der Waals surface area contributed by atoms with Gasteiger partial charge < -0.3 is 8.92 Å². The second-order valence-electron chi connectivity index (χ2n) is 9.98. The Hall–Kier alpha value is -1.51. The number of fused-ring (bicyclic) bond motifs is 5. The van der Waals surface area contributed by atoms with E-state index in [2.05, 4.69) is 17.2 Å². The van der Waals surface area contributed by atoms with Crippen LogP contribution in [-0.4, -0.2) is 26.0 Å². The van der Waals surface area contributed by atoms with Crippen molar-refractivity contribution in [3.05, 3.63) is 23.5 Å². The zero-order chi connectivity index (χ0) is 22.8. The molecular formula is C22H29F3O5S. The number of carbonyl (C=O) groups is 1. The Balaban J connectivity index is 1.55. The third-order valence-electron chi connectivity index (χ3n) is 8.38. The molecule has 4 aliphatic rings. The van der Waals surface area contributed by atoms with E-state index in [0.29, 0.717) is 18.8 Å². The highest BCUT2D eigenvalue weighted by molar-refractivity contribution is 7.87. The zero-order valence-corrected chi connectivity index (χ0v) is 18.8. The highest BCUT2D eigenvalue weighted by Crippen LogP contribution is 2.65. The van der Waals surface area contributed by atoms with Crippen LogP contribution in [-0.2, 0) is 23.8 Å². The first-order chi connectivity index (χ1) is 14.3. The molecule has 0 amide bonds. The first kappa shape index (κ1) is 22.7. The molecule has 31 heavy (non-hydrogen) atoms. The Kier molecular flexibility index (Phi) is 5.30. The molecule has 9 heteroatoms. The van der Waals surface area contributed by atoms with E-state index < -0.39 is 21.0 Å². The minimum atomic E-state index is -5.67. The Morgan fingerprint density at radius 3 is 2.39 bits per heavy atom. The van der Waals surface area contributed by atoms with Crippen LogP contribution in [0.5, 0.6) is 0 Å². The van der Waals surface area contributed by atoms with Crippen LogP contribution in [0.25, 0.3) is 0 Å². The predicted molar refractivity (Wildman–Crippen MR) is 107 cm³/mol. The van der Waals surface area contributed by atoms with Gasteiger partial charge >= 0.3 is 21.6 Å². The maximum Gasteiger partial charge on any atom is 0.534 e. The number of rotatable bonds is 3. The quantitative estimate of drug-likeness (QED) is 0.248. The standard InChI is InChI=1S/C22H29F3O5S/c1-13(26)29-15-8-10-20(2)14(12-15)4-5-16-17-6-7-19(21(17,3)11-9-18(16)20)30-31(27,28)22(23,24)25/h4,7,15-18H,5-6,8-12H2,1-3H3/t15?,16-,17?,18?,20?,21?/m0/s1. The van der Waals surface area contributed by atoms with Gasteiger partial charge in [0.15, 0.2) is 0 Å². The molecule has 5 nitrogen and oxygen atoms in total. The molecule has 0 heterocycles. The van der Waals surface area contributed by atoms with E-state index in [9.17, 15) is 26.4 Å². The van der Waals surface area contributed by atoms with Gasteiger partial charge in [0.2, 0.25) is 0 Å². The van der Waals surface area contributed by atoms with Crippen molar-refractivity contribution < 1.29 is 35.3 Å². The van der Waals surface area contributed by atoms with Crippen LogP contribution < -0.4 is 0 Å². The molecule has 0 saturated heterocycles. The third-order valence-corrected chi connectivity index (χ3v) is 9.35. The van der Waals surface area contributed by atoms with Crippen molar-refractivity contribution in [1.29, 1.82) is 0 Å². The Labute approximate surface area is 181 Å². The maximum absolute atomic E-state index is 12.9. The minimum Gasteiger partial charge on any atom is -0.462 e. The maximum atomic E-state index is 12.9. The van der Waals surface area contributed by atoms with Gasteiger partial charge in [-0.15, -0.1) is 0 Å². The van der Waals surface area contributed by atoms with E-state index in [-0.39, 0.29) is 35.1 Å². The number of ether oxygens (including phenoxy) is 1. The summed E-state index contributed by atoms with van der Waals surface area (Å²) < 4.78 is 71.9. The molecule has 0 aromatic heterocycles. The number of halogens is 3. The summed E-state index contributed by atoms with van der Waals surface area (Å²) >= 11 is 0. The fourth-order valence-corrected chi connectivity index (χ4v) is 7.37. The third kappa shape index (κ3) is 3.60. The molecule has 0 radical (unpaired) electrons. The molecular weight excluding hydrogens is 433 g/mol. The summed E-state index contributed by atoms with van der Waals surface area (Å²) in [4.78, 5) is 11.4. The van der Waals surface area contributed by atoms with Gasteiger partial charge in [0.05, 0.1) is 0 Å². The molecule has 5 unspecified atom stereocenters. The van der Waals surface area contributed by atoms with E-state index in [1.54, 1.807) is 6.08 Å². The van der Waals surface area contributed by atoms with Crippen LogP contribution in [0.1, 0.15) is 65.7 Å². The fraction of sp³-hybridized carbons (Fsp3) is 0.773. The summed E-state index contributed by atoms with van der Waals surface area (Å²) in [7, 11) is -5.67. The average Bonchev–Trinajstić information content (AvgIpc) is 2.96. The second kappa shape index (κ2) is 7.25. The summed E-state index contributed by atoms with van der Waals surface area (Å²) in [6.07, 6.45) is 8.84. The molecule has 174 valence electrons. The molecule has 2 saturated carbocycles. The van der Waals surface area contributed by atoms with Crippen molar-refractivity contribution in [2.75, 3.05) is 0 Å². The summed E-state index contributed by atoms with van der Waals surface area (Å²) in [6, 6.07) is 0. The number of esters is 1. The van der Waals surface area contributed by atoms with Crippen LogP contribution in [0.2, 0.25) is 0 Å². The van der Waals surface area contributed by atoms with E-state index in [0.717, 1.165) is 32.1 Å². The normalized spacial score (nSPS) is 40.1. The highest BCUT2D eigenvalue weighted by Gasteiger charge is 2.59. The lowest BCUT2D eigenvalue weighted by Crippen LogP contribution is -2.50. The molecule has 0 N–H and O–H groups in total. The molecule has 0 aromatic carbocycles. The van der Waals surface area contributed by atoms with Gasteiger partial charge in [0.25, 0.3) is 0 Å². The van der Waals surface area contributed by atoms with Crippen LogP contribution in [0.3, 0.4) is 0 Å². The SMILES string of the molecule is CC(=O)OC1CCC2(C)C(=CC[C@@H]3C2CCC2(C)C(OS(=O)(=O)C(F)(F)F)=CCC32)C1. The summed E-state index contributed by atoms with van der Waals surface area (Å²) in [5, 5.41) is 0. The zero-order valence-electron chi connectivity index (χ0n) is 18.0. The molecule has 0 spiro atoms.